The molecule has 1 aromatic rings. The van der Waals surface area contributed by atoms with Gasteiger partial charge in [0.2, 0.25) is 0 Å². The van der Waals surface area contributed by atoms with E-state index in [1.165, 1.54) is 11.1 Å². The van der Waals surface area contributed by atoms with Crippen LogP contribution in [0, 0.1) is 0 Å². The van der Waals surface area contributed by atoms with Crippen molar-refractivity contribution < 1.29 is 0 Å². The molecule has 1 rings (SSSR count). The van der Waals surface area contributed by atoms with Crippen LogP contribution in [0.1, 0.15) is 94.2 Å². The second-order valence-electron chi connectivity index (χ2n) is 16.9. The average Bonchev–Trinajstić information content (AvgIpc) is 2.55. The molecular formula is C30H62N2P2Si2. The summed E-state index contributed by atoms with van der Waals surface area (Å²) >= 11 is 0. The standard InChI is InChI=1S/C30H62N2P2Si2/c1-27(2,3)33(28(4,5)6,31-35(13,14)15)23-25-19-21-26(22-20-25)24-34(29(7,8)9,30(10,11)12)32-36(16,17)18/h19-22H,23-24H2,1-18H3. The van der Waals surface area contributed by atoms with Crippen molar-refractivity contribution in [3.8, 4) is 0 Å². The molecule has 210 valence electrons. The van der Waals surface area contributed by atoms with Crippen LogP contribution in [0.2, 0.25) is 39.3 Å². The monoisotopic (exact) mass is 568 g/mol. The van der Waals surface area contributed by atoms with E-state index in [0.29, 0.717) is 0 Å². The van der Waals surface area contributed by atoms with Gasteiger partial charge in [0.15, 0.2) is 16.5 Å². The van der Waals surface area contributed by atoms with Crippen LogP contribution in [0.25, 0.3) is 0 Å². The zero-order valence-electron chi connectivity index (χ0n) is 27.5. The molecule has 6 heteroatoms. The zero-order chi connectivity index (χ0) is 28.8. The molecular weight excluding hydrogens is 506 g/mol. The van der Waals surface area contributed by atoms with Crippen molar-refractivity contribution in [2.24, 2.45) is 8.82 Å². The van der Waals surface area contributed by atoms with Crippen molar-refractivity contribution >= 4 is 30.6 Å². The first-order valence-corrected chi connectivity index (χ1v) is 24.7. The van der Waals surface area contributed by atoms with E-state index >= 15 is 0 Å². The van der Waals surface area contributed by atoms with Gasteiger partial charge >= 0.3 is 0 Å². The second kappa shape index (κ2) is 10.6. The molecule has 0 N–H and O–H groups in total. The van der Waals surface area contributed by atoms with Gasteiger partial charge in [-0.2, -0.15) is 0 Å². The van der Waals surface area contributed by atoms with E-state index in [1.807, 2.05) is 0 Å². The Labute approximate surface area is 229 Å². The summed E-state index contributed by atoms with van der Waals surface area (Å²) in [4.78, 5) is 0. The molecule has 0 spiro atoms. The molecule has 0 aliphatic heterocycles. The molecule has 0 unspecified atom stereocenters. The maximum absolute atomic E-state index is 5.81. The van der Waals surface area contributed by atoms with Crippen LogP contribution < -0.4 is 0 Å². The van der Waals surface area contributed by atoms with Gasteiger partial charge in [-0.3, -0.25) is 0 Å². The molecule has 0 saturated carbocycles. The first kappa shape index (κ1) is 34.1. The summed E-state index contributed by atoms with van der Waals surface area (Å²) in [6, 6.07) is 9.71. The van der Waals surface area contributed by atoms with E-state index in [1.54, 1.807) is 0 Å². The van der Waals surface area contributed by atoms with Gasteiger partial charge in [0.05, 0.1) is 0 Å². The summed E-state index contributed by atoms with van der Waals surface area (Å²) in [6.07, 6.45) is 2.20. The van der Waals surface area contributed by atoms with Crippen molar-refractivity contribution in [2.75, 3.05) is 0 Å². The lowest BCUT2D eigenvalue weighted by molar-refractivity contribution is 0.689. The highest BCUT2D eigenvalue weighted by atomic mass is 31.2. The maximum atomic E-state index is 5.81. The molecule has 0 amide bonds. The Morgan fingerprint density at radius 2 is 0.667 bits per heavy atom. The van der Waals surface area contributed by atoms with Crippen LogP contribution in [0.3, 0.4) is 0 Å². The topological polar surface area (TPSA) is 24.7 Å². The van der Waals surface area contributed by atoms with E-state index in [-0.39, 0.29) is 20.6 Å². The lowest BCUT2D eigenvalue weighted by Crippen LogP contribution is -2.33. The summed E-state index contributed by atoms with van der Waals surface area (Å²) in [5, 5.41) is 0.721. The smallest absolute Gasteiger partial charge is 0.170 e. The van der Waals surface area contributed by atoms with Crippen molar-refractivity contribution in [3.63, 3.8) is 0 Å². The first-order valence-electron chi connectivity index (χ1n) is 13.9. The largest absolute Gasteiger partial charge is 0.337 e. The zero-order valence-corrected chi connectivity index (χ0v) is 31.3. The van der Waals surface area contributed by atoms with E-state index < -0.39 is 30.6 Å². The van der Waals surface area contributed by atoms with Gasteiger partial charge in [0.1, 0.15) is 0 Å². The molecule has 0 fully saturated rings. The predicted octanol–water partition coefficient (Wildman–Crippen LogP) is 12.0. The van der Waals surface area contributed by atoms with Crippen LogP contribution in [-0.2, 0) is 12.3 Å². The van der Waals surface area contributed by atoms with E-state index in [0.717, 1.165) is 12.3 Å². The minimum Gasteiger partial charge on any atom is -0.337 e. The normalized spacial score (nSPS) is 15.2. The molecule has 0 radical (unpaired) electrons. The van der Waals surface area contributed by atoms with Gasteiger partial charge in [0.25, 0.3) is 0 Å². The first-order chi connectivity index (χ1) is 15.6. The summed E-state index contributed by atoms with van der Waals surface area (Å²) < 4.78 is 11.6. The molecule has 0 bridgehead atoms. The molecule has 0 atom stereocenters. The maximum Gasteiger partial charge on any atom is 0.170 e. The molecule has 0 aromatic heterocycles. The Morgan fingerprint density at radius 3 is 0.806 bits per heavy atom. The van der Waals surface area contributed by atoms with Crippen molar-refractivity contribution in [1.82, 2.24) is 0 Å². The van der Waals surface area contributed by atoms with Gasteiger partial charge < -0.3 is 8.82 Å². The fraction of sp³-hybridized carbons (Fsp3) is 0.800. The highest BCUT2D eigenvalue weighted by Gasteiger charge is 2.45. The fourth-order valence-corrected chi connectivity index (χ4v) is 26.9. The lowest BCUT2D eigenvalue weighted by Gasteiger charge is -2.49. The number of benzene rings is 1. The van der Waals surface area contributed by atoms with Crippen LogP contribution >= 0.6 is 14.1 Å². The third kappa shape index (κ3) is 8.06. The number of hydrogen-bond acceptors (Lipinski definition) is 2. The SMILES string of the molecule is CC(C)(C)P(Cc1ccc(CP(=N[Si](C)(C)C)(C(C)(C)C)C(C)(C)C)cc1)(=N[Si](C)(C)C)C(C)(C)C. The van der Waals surface area contributed by atoms with Gasteiger partial charge in [-0.05, 0) is 45.9 Å². The minimum atomic E-state index is -1.66. The van der Waals surface area contributed by atoms with Crippen molar-refractivity contribution in [2.45, 2.75) is 155 Å². The number of nitrogens with zero attached hydrogens (tertiary/aromatic N) is 2. The summed E-state index contributed by atoms with van der Waals surface area (Å²) in [5.41, 5.74) is 2.91. The van der Waals surface area contributed by atoms with E-state index in [4.69, 9.17) is 8.82 Å². The van der Waals surface area contributed by atoms with Gasteiger partial charge in [0, 0.05) is 12.3 Å². The minimum absolute atomic E-state index is 0.180. The predicted molar refractivity (Wildman–Crippen MR) is 178 cm³/mol. The van der Waals surface area contributed by atoms with Crippen LogP contribution in [0.15, 0.2) is 33.1 Å². The van der Waals surface area contributed by atoms with Crippen LogP contribution in [-0.4, -0.2) is 37.1 Å². The van der Waals surface area contributed by atoms with Gasteiger partial charge in [-0.15, -0.1) is 0 Å². The highest BCUT2D eigenvalue weighted by Crippen LogP contribution is 2.73. The Balaban J connectivity index is 3.70. The molecule has 0 saturated heterocycles. The van der Waals surface area contributed by atoms with Gasteiger partial charge in [-0.1, -0.05) is 147 Å². The van der Waals surface area contributed by atoms with Crippen LogP contribution in [0.5, 0.6) is 0 Å². The lowest BCUT2D eigenvalue weighted by atomic mass is 10.2. The molecule has 2 nitrogen and oxygen atoms in total. The summed E-state index contributed by atoms with van der Waals surface area (Å²) in [5.74, 6) is 0. The Morgan fingerprint density at radius 1 is 0.472 bits per heavy atom. The molecule has 1 aromatic carbocycles. The molecule has 0 aliphatic rings. The highest BCUT2D eigenvalue weighted by molar-refractivity contribution is 7.70. The summed E-state index contributed by atoms with van der Waals surface area (Å²) in [7, 11) is -6.53. The Hall–Kier alpha value is 0.114. The second-order valence-corrected chi connectivity index (χ2v) is 36.3. The fourth-order valence-electron chi connectivity index (χ4n) is 5.93. The molecule has 0 aliphatic carbocycles. The Kier molecular flexibility index (Phi) is 10.0. The molecule has 0 heterocycles. The van der Waals surface area contributed by atoms with E-state index in [9.17, 15) is 0 Å². The number of rotatable bonds is 6. The number of hydrogen-bond donors (Lipinski definition) is 0. The quantitative estimate of drug-likeness (QED) is 0.241. The van der Waals surface area contributed by atoms with Crippen molar-refractivity contribution in [3.05, 3.63) is 35.4 Å². The summed E-state index contributed by atoms with van der Waals surface area (Å²) in [6.45, 7) is 43.7. The molecule has 36 heavy (non-hydrogen) atoms. The Bertz CT molecular complexity index is 877. The average molecular weight is 569 g/mol. The third-order valence-corrected chi connectivity index (χ3v) is 25.3. The van der Waals surface area contributed by atoms with Crippen LogP contribution in [0.4, 0.5) is 0 Å². The van der Waals surface area contributed by atoms with Crippen molar-refractivity contribution in [1.29, 1.82) is 0 Å². The van der Waals surface area contributed by atoms with E-state index in [2.05, 4.69) is 147 Å². The third-order valence-electron chi connectivity index (χ3n) is 7.23. The van der Waals surface area contributed by atoms with Gasteiger partial charge in [-0.25, -0.2) is 0 Å².